The van der Waals surface area contributed by atoms with Gasteiger partial charge in [-0.05, 0) is 53.9 Å². The fraction of sp³-hybridized carbons (Fsp3) is 0.120. The SMILES string of the molecule is Cc1ccc(C#N)c(OCCn2cc(-c3cccc(-c4ccc(C(=O)O)c(O)c4)c3)cn2)n1. The zero-order valence-corrected chi connectivity index (χ0v) is 17.8. The molecule has 2 N–H and O–H groups in total. The predicted octanol–water partition coefficient (Wildman–Crippen LogP) is 4.28. The molecule has 0 saturated heterocycles. The van der Waals surface area contributed by atoms with Gasteiger partial charge in [0.25, 0.3) is 0 Å². The molecule has 0 amide bonds. The van der Waals surface area contributed by atoms with Gasteiger partial charge in [0.1, 0.15) is 29.6 Å². The van der Waals surface area contributed by atoms with Crippen LogP contribution in [-0.4, -0.2) is 37.6 Å². The van der Waals surface area contributed by atoms with Gasteiger partial charge in [-0.3, -0.25) is 4.68 Å². The maximum atomic E-state index is 11.1. The van der Waals surface area contributed by atoms with Crippen LogP contribution in [0.2, 0.25) is 0 Å². The van der Waals surface area contributed by atoms with Gasteiger partial charge < -0.3 is 14.9 Å². The van der Waals surface area contributed by atoms with E-state index in [1.165, 1.54) is 12.1 Å². The molecule has 4 rings (SSSR count). The van der Waals surface area contributed by atoms with Crippen molar-refractivity contribution in [2.24, 2.45) is 0 Å². The van der Waals surface area contributed by atoms with Crippen LogP contribution in [0.4, 0.5) is 0 Å². The van der Waals surface area contributed by atoms with Gasteiger partial charge in [-0.15, -0.1) is 0 Å². The average Bonchev–Trinajstić information content (AvgIpc) is 3.28. The number of aromatic nitrogens is 3. The summed E-state index contributed by atoms with van der Waals surface area (Å²) in [5, 5.41) is 32.7. The maximum absolute atomic E-state index is 11.1. The molecule has 0 aliphatic carbocycles. The number of ether oxygens (including phenoxy) is 1. The summed E-state index contributed by atoms with van der Waals surface area (Å²) < 4.78 is 7.43. The van der Waals surface area contributed by atoms with Crippen molar-refractivity contribution in [1.29, 1.82) is 5.26 Å². The highest BCUT2D eigenvalue weighted by Gasteiger charge is 2.11. The van der Waals surface area contributed by atoms with Crippen molar-refractivity contribution in [2.75, 3.05) is 6.61 Å². The van der Waals surface area contributed by atoms with E-state index in [0.717, 1.165) is 22.4 Å². The number of hydrogen-bond donors (Lipinski definition) is 2. The Morgan fingerprint density at radius 2 is 1.85 bits per heavy atom. The zero-order chi connectivity index (χ0) is 23.4. The molecule has 0 radical (unpaired) electrons. The lowest BCUT2D eigenvalue weighted by molar-refractivity contribution is 0.0693. The third-order valence-corrected chi connectivity index (χ3v) is 5.07. The molecule has 0 spiro atoms. The van der Waals surface area contributed by atoms with E-state index in [-0.39, 0.29) is 11.3 Å². The lowest BCUT2D eigenvalue weighted by atomic mass is 9.99. The van der Waals surface area contributed by atoms with E-state index in [9.17, 15) is 15.2 Å². The molecule has 0 aliphatic rings. The van der Waals surface area contributed by atoms with Crippen molar-refractivity contribution in [3.05, 3.63) is 83.8 Å². The minimum Gasteiger partial charge on any atom is -0.507 e. The minimum absolute atomic E-state index is 0.138. The molecule has 0 fully saturated rings. The topological polar surface area (TPSA) is 121 Å². The molecule has 8 heteroatoms. The molecule has 0 bridgehead atoms. The maximum Gasteiger partial charge on any atom is 0.339 e. The first-order chi connectivity index (χ1) is 15.9. The van der Waals surface area contributed by atoms with Crippen molar-refractivity contribution in [2.45, 2.75) is 13.5 Å². The second kappa shape index (κ2) is 9.24. The number of carbonyl (C=O) groups is 1. The summed E-state index contributed by atoms with van der Waals surface area (Å²) in [6, 6.07) is 17.7. The van der Waals surface area contributed by atoms with Crippen LogP contribution in [0.15, 0.2) is 67.0 Å². The minimum atomic E-state index is -1.17. The summed E-state index contributed by atoms with van der Waals surface area (Å²) in [5.74, 6) is -1.14. The van der Waals surface area contributed by atoms with Crippen molar-refractivity contribution in [3.63, 3.8) is 0 Å². The number of phenols is 1. The van der Waals surface area contributed by atoms with Crippen LogP contribution < -0.4 is 4.74 Å². The second-order valence-corrected chi connectivity index (χ2v) is 7.38. The van der Waals surface area contributed by atoms with Crippen molar-refractivity contribution >= 4 is 5.97 Å². The van der Waals surface area contributed by atoms with Crippen LogP contribution in [0, 0.1) is 18.3 Å². The van der Waals surface area contributed by atoms with Gasteiger partial charge in [0.05, 0.1) is 12.7 Å². The van der Waals surface area contributed by atoms with Crippen LogP contribution in [0.5, 0.6) is 11.6 Å². The Morgan fingerprint density at radius 1 is 1.09 bits per heavy atom. The lowest BCUT2D eigenvalue weighted by Crippen LogP contribution is -2.10. The molecule has 2 aromatic carbocycles. The molecule has 4 aromatic rings. The van der Waals surface area contributed by atoms with Gasteiger partial charge in [-0.25, -0.2) is 9.78 Å². The number of rotatable bonds is 7. The third kappa shape index (κ3) is 4.83. The number of hydrogen-bond acceptors (Lipinski definition) is 6. The summed E-state index contributed by atoms with van der Waals surface area (Å²) in [6.45, 7) is 2.62. The molecule has 8 nitrogen and oxygen atoms in total. The average molecular weight is 440 g/mol. The molecule has 0 saturated carbocycles. The predicted molar refractivity (Wildman–Crippen MR) is 121 cm³/mol. The molecule has 0 unspecified atom stereocenters. The largest absolute Gasteiger partial charge is 0.507 e. The number of benzene rings is 2. The first kappa shape index (κ1) is 21.6. The monoisotopic (exact) mass is 440 g/mol. The fourth-order valence-corrected chi connectivity index (χ4v) is 3.37. The first-order valence-electron chi connectivity index (χ1n) is 10.1. The Labute approximate surface area is 190 Å². The summed E-state index contributed by atoms with van der Waals surface area (Å²) in [7, 11) is 0. The van der Waals surface area contributed by atoms with Gasteiger partial charge in [0, 0.05) is 17.5 Å². The van der Waals surface area contributed by atoms with Crippen LogP contribution in [0.3, 0.4) is 0 Å². The highest BCUT2D eigenvalue weighted by molar-refractivity contribution is 5.91. The molecule has 2 aromatic heterocycles. The number of aromatic hydroxyl groups is 1. The van der Waals surface area contributed by atoms with E-state index in [1.54, 1.807) is 29.1 Å². The highest BCUT2D eigenvalue weighted by atomic mass is 16.5. The molecular formula is C25H20N4O4. The van der Waals surface area contributed by atoms with Gasteiger partial charge in [0.2, 0.25) is 5.88 Å². The van der Waals surface area contributed by atoms with E-state index >= 15 is 0 Å². The first-order valence-corrected chi connectivity index (χ1v) is 10.1. The van der Waals surface area contributed by atoms with Crippen LogP contribution >= 0.6 is 0 Å². The van der Waals surface area contributed by atoms with E-state index in [0.29, 0.717) is 30.2 Å². The van der Waals surface area contributed by atoms with Gasteiger partial charge >= 0.3 is 5.97 Å². The molecular weight excluding hydrogens is 420 g/mol. The molecule has 0 aliphatic heterocycles. The standard InChI is InChI=1S/C25H20N4O4/c1-16-5-6-20(13-26)24(28-16)33-10-9-29-15-21(14-27-29)18-4-2-3-17(11-18)19-7-8-22(25(31)32)23(30)12-19/h2-8,11-12,14-15,30H,9-10H2,1H3,(H,31,32). The van der Waals surface area contributed by atoms with Gasteiger partial charge in [-0.1, -0.05) is 24.3 Å². The summed E-state index contributed by atoms with van der Waals surface area (Å²) in [4.78, 5) is 15.4. The Bertz CT molecular complexity index is 1370. The number of carboxylic acid groups (broad SMARTS) is 1. The normalized spacial score (nSPS) is 10.5. The zero-order valence-electron chi connectivity index (χ0n) is 17.8. The van der Waals surface area contributed by atoms with E-state index in [1.807, 2.05) is 37.4 Å². The van der Waals surface area contributed by atoms with Gasteiger partial charge in [0.15, 0.2) is 0 Å². The number of nitriles is 1. The molecule has 2 heterocycles. The number of aromatic carboxylic acids is 1. The Hall–Kier alpha value is -4.64. The van der Waals surface area contributed by atoms with Crippen molar-refractivity contribution in [1.82, 2.24) is 14.8 Å². The van der Waals surface area contributed by atoms with Crippen molar-refractivity contribution in [3.8, 4) is 40.0 Å². The number of carboxylic acids is 1. The van der Waals surface area contributed by atoms with Crippen LogP contribution in [0.25, 0.3) is 22.3 Å². The number of aryl methyl sites for hydroxylation is 1. The number of pyridine rings is 1. The highest BCUT2D eigenvalue weighted by Crippen LogP contribution is 2.30. The summed E-state index contributed by atoms with van der Waals surface area (Å²) >= 11 is 0. The van der Waals surface area contributed by atoms with Crippen molar-refractivity contribution < 1.29 is 19.7 Å². The molecule has 164 valence electrons. The van der Waals surface area contributed by atoms with E-state index < -0.39 is 5.97 Å². The second-order valence-electron chi connectivity index (χ2n) is 7.38. The van der Waals surface area contributed by atoms with E-state index in [4.69, 9.17) is 9.84 Å². The Morgan fingerprint density at radius 3 is 2.58 bits per heavy atom. The van der Waals surface area contributed by atoms with Crippen LogP contribution in [0.1, 0.15) is 21.6 Å². The van der Waals surface area contributed by atoms with E-state index in [2.05, 4.69) is 16.2 Å². The van der Waals surface area contributed by atoms with Gasteiger partial charge in [-0.2, -0.15) is 10.4 Å². The Kier molecular flexibility index (Phi) is 6.04. The van der Waals surface area contributed by atoms with Crippen LogP contribution in [-0.2, 0) is 6.54 Å². The molecule has 33 heavy (non-hydrogen) atoms. The molecule has 0 atom stereocenters. The quantitative estimate of drug-likeness (QED) is 0.440. The summed E-state index contributed by atoms with van der Waals surface area (Å²) in [6.07, 6.45) is 3.64. The Balaban J connectivity index is 1.47. The third-order valence-electron chi connectivity index (χ3n) is 5.07. The number of nitrogens with zero attached hydrogens (tertiary/aromatic N) is 4. The summed E-state index contributed by atoms with van der Waals surface area (Å²) in [5.41, 5.74) is 4.39. The fourth-order valence-electron chi connectivity index (χ4n) is 3.37. The smallest absolute Gasteiger partial charge is 0.339 e. The lowest BCUT2D eigenvalue weighted by Gasteiger charge is -2.08.